The van der Waals surface area contributed by atoms with E-state index in [1.807, 2.05) is 32.0 Å². The van der Waals surface area contributed by atoms with E-state index in [2.05, 4.69) is 21.7 Å². The van der Waals surface area contributed by atoms with Gasteiger partial charge in [-0.2, -0.15) is 5.26 Å². The van der Waals surface area contributed by atoms with Crippen LogP contribution in [-0.2, 0) is 6.54 Å². The van der Waals surface area contributed by atoms with Crippen LogP contribution in [0.15, 0.2) is 53.5 Å². The summed E-state index contributed by atoms with van der Waals surface area (Å²) in [5.74, 6) is 0.494. The van der Waals surface area contributed by atoms with E-state index in [4.69, 9.17) is 10.00 Å². The van der Waals surface area contributed by atoms with E-state index < -0.39 is 0 Å². The van der Waals surface area contributed by atoms with Gasteiger partial charge in [-0.25, -0.2) is 9.38 Å². The predicted octanol–water partition coefficient (Wildman–Crippen LogP) is 3.22. The molecule has 1 atom stereocenters. The smallest absolute Gasteiger partial charge is 0.191 e. The minimum Gasteiger partial charge on any atom is -0.486 e. The Morgan fingerprint density at radius 3 is 2.77 bits per heavy atom. The van der Waals surface area contributed by atoms with Crippen LogP contribution >= 0.6 is 0 Å². The predicted molar refractivity (Wildman–Crippen MR) is 100 cm³/mol. The molecule has 0 aliphatic carbocycles. The van der Waals surface area contributed by atoms with Crippen molar-refractivity contribution in [2.45, 2.75) is 26.5 Å². The molecule has 0 aliphatic rings. The van der Waals surface area contributed by atoms with Gasteiger partial charge in [0.25, 0.3) is 0 Å². The van der Waals surface area contributed by atoms with Gasteiger partial charge in [0, 0.05) is 6.54 Å². The lowest BCUT2D eigenvalue weighted by molar-refractivity contribution is 0.214. The zero-order valence-electron chi connectivity index (χ0n) is 15.0. The largest absolute Gasteiger partial charge is 0.486 e. The third kappa shape index (κ3) is 6.10. The summed E-state index contributed by atoms with van der Waals surface area (Å²) in [5.41, 5.74) is 1.57. The Labute approximate surface area is 153 Å². The molecule has 2 N–H and O–H groups in total. The molecule has 0 fully saturated rings. The van der Waals surface area contributed by atoms with Crippen LogP contribution in [-0.4, -0.2) is 25.2 Å². The fourth-order valence-corrected chi connectivity index (χ4v) is 2.29. The van der Waals surface area contributed by atoms with Gasteiger partial charge in [0.2, 0.25) is 0 Å². The fourth-order valence-electron chi connectivity index (χ4n) is 2.29. The van der Waals surface area contributed by atoms with E-state index in [9.17, 15) is 4.39 Å². The van der Waals surface area contributed by atoms with Crippen molar-refractivity contribution in [3.63, 3.8) is 0 Å². The lowest BCUT2D eigenvalue weighted by atomic mass is 10.1. The SMILES string of the molecule is CCNC(=NCc1cccc(C#N)c1)NCC(C)Oc1ccccc1F. The summed E-state index contributed by atoms with van der Waals surface area (Å²) in [6, 6.07) is 15.8. The Balaban J connectivity index is 1.92. The highest BCUT2D eigenvalue weighted by molar-refractivity contribution is 5.79. The second-order valence-corrected chi connectivity index (χ2v) is 5.75. The number of ether oxygens (including phenoxy) is 1. The maximum absolute atomic E-state index is 13.6. The molecule has 1 unspecified atom stereocenters. The standard InChI is InChI=1S/C20H23FN4O/c1-3-23-20(25-14-17-8-6-7-16(11-17)12-22)24-13-15(2)26-19-10-5-4-9-18(19)21/h4-11,15H,3,13-14H2,1-2H3,(H2,23,24,25). The van der Waals surface area contributed by atoms with Crippen LogP contribution in [0.5, 0.6) is 5.75 Å². The number of hydrogen-bond donors (Lipinski definition) is 2. The molecule has 0 saturated carbocycles. The number of nitrogens with one attached hydrogen (secondary N) is 2. The van der Waals surface area contributed by atoms with Crippen LogP contribution in [0.4, 0.5) is 4.39 Å². The minimum atomic E-state index is -0.378. The first-order chi connectivity index (χ1) is 12.6. The maximum atomic E-state index is 13.6. The minimum absolute atomic E-state index is 0.233. The highest BCUT2D eigenvalue weighted by Gasteiger charge is 2.09. The van der Waals surface area contributed by atoms with Crippen molar-refractivity contribution in [2.24, 2.45) is 4.99 Å². The summed E-state index contributed by atoms with van der Waals surface area (Å²) in [6.07, 6.45) is -0.238. The molecule has 2 aromatic carbocycles. The molecule has 6 heteroatoms. The molecule has 0 aromatic heterocycles. The van der Waals surface area contributed by atoms with Crippen LogP contribution in [0, 0.1) is 17.1 Å². The molecule has 5 nitrogen and oxygen atoms in total. The molecule has 2 aromatic rings. The van der Waals surface area contributed by atoms with Gasteiger partial charge in [-0.3, -0.25) is 0 Å². The Hall–Kier alpha value is -3.07. The van der Waals surface area contributed by atoms with Gasteiger partial charge in [-0.1, -0.05) is 24.3 Å². The molecule has 0 amide bonds. The van der Waals surface area contributed by atoms with Gasteiger partial charge in [0.1, 0.15) is 6.10 Å². The highest BCUT2D eigenvalue weighted by atomic mass is 19.1. The molecule has 26 heavy (non-hydrogen) atoms. The van der Waals surface area contributed by atoms with Crippen LogP contribution in [0.3, 0.4) is 0 Å². The first-order valence-electron chi connectivity index (χ1n) is 8.54. The van der Waals surface area contributed by atoms with Crippen LogP contribution in [0.1, 0.15) is 25.0 Å². The van der Waals surface area contributed by atoms with Crippen molar-refractivity contribution in [1.29, 1.82) is 5.26 Å². The van der Waals surface area contributed by atoms with Crippen molar-refractivity contribution < 1.29 is 9.13 Å². The quantitative estimate of drug-likeness (QED) is 0.592. The Bertz CT molecular complexity index is 785. The molecular formula is C20H23FN4O. The van der Waals surface area contributed by atoms with Gasteiger partial charge in [0.05, 0.1) is 24.7 Å². The van der Waals surface area contributed by atoms with Crippen LogP contribution in [0.2, 0.25) is 0 Å². The molecule has 0 aliphatic heterocycles. The normalized spacial score (nSPS) is 12.2. The molecule has 0 heterocycles. The molecule has 136 valence electrons. The first-order valence-corrected chi connectivity index (χ1v) is 8.54. The number of rotatable bonds is 7. The van der Waals surface area contributed by atoms with Gasteiger partial charge < -0.3 is 15.4 Å². The van der Waals surface area contributed by atoms with Crippen LogP contribution < -0.4 is 15.4 Å². The zero-order valence-corrected chi connectivity index (χ0v) is 15.0. The molecule has 0 saturated heterocycles. The number of halogens is 1. The molecule has 0 radical (unpaired) electrons. The summed E-state index contributed by atoms with van der Waals surface area (Å²) in [5, 5.41) is 15.3. The van der Waals surface area contributed by atoms with E-state index >= 15 is 0 Å². The average Bonchev–Trinajstić information content (AvgIpc) is 2.66. The summed E-state index contributed by atoms with van der Waals surface area (Å²) in [4.78, 5) is 4.51. The van der Waals surface area contributed by atoms with Crippen LogP contribution in [0.25, 0.3) is 0 Å². The van der Waals surface area contributed by atoms with Crippen molar-refractivity contribution in [1.82, 2.24) is 10.6 Å². The molecule has 0 bridgehead atoms. The third-order valence-electron chi connectivity index (χ3n) is 3.54. The number of nitrogens with zero attached hydrogens (tertiary/aromatic N) is 2. The third-order valence-corrected chi connectivity index (χ3v) is 3.54. The molecular weight excluding hydrogens is 331 g/mol. The Morgan fingerprint density at radius 1 is 1.23 bits per heavy atom. The lowest BCUT2D eigenvalue weighted by Crippen LogP contribution is -2.41. The van der Waals surface area contributed by atoms with Crippen molar-refractivity contribution >= 4 is 5.96 Å². The van der Waals surface area contributed by atoms with Gasteiger partial charge in [-0.15, -0.1) is 0 Å². The van der Waals surface area contributed by atoms with E-state index in [0.717, 1.165) is 5.56 Å². The average molecular weight is 354 g/mol. The van der Waals surface area contributed by atoms with Gasteiger partial charge in [-0.05, 0) is 43.7 Å². The summed E-state index contributed by atoms with van der Waals surface area (Å²) < 4.78 is 19.2. The maximum Gasteiger partial charge on any atom is 0.191 e. The van der Waals surface area contributed by atoms with Crippen molar-refractivity contribution in [2.75, 3.05) is 13.1 Å². The topological polar surface area (TPSA) is 69.4 Å². The highest BCUT2D eigenvalue weighted by Crippen LogP contribution is 2.16. The van der Waals surface area contributed by atoms with Gasteiger partial charge in [0.15, 0.2) is 17.5 Å². The number of para-hydroxylation sites is 1. The second kappa shape index (κ2) is 10.0. The monoisotopic (exact) mass is 354 g/mol. The number of hydrogen-bond acceptors (Lipinski definition) is 3. The van der Waals surface area contributed by atoms with E-state index in [-0.39, 0.29) is 17.7 Å². The molecule has 2 rings (SSSR count). The Kier molecular flexibility index (Phi) is 7.44. The number of nitriles is 1. The van der Waals surface area contributed by atoms with E-state index in [1.165, 1.54) is 6.07 Å². The zero-order chi connectivity index (χ0) is 18.8. The Morgan fingerprint density at radius 2 is 2.04 bits per heavy atom. The second-order valence-electron chi connectivity index (χ2n) is 5.75. The first kappa shape index (κ1) is 19.3. The summed E-state index contributed by atoms with van der Waals surface area (Å²) in [6.45, 7) is 5.48. The number of benzene rings is 2. The van der Waals surface area contributed by atoms with Gasteiger partial charge >= 0.3 is 0 Å². The number of guanidine groups is 1. The molecule has 0 spiro atoms. The lowest BCUT2D eigenvalue weighted by Gasteiger charge is -2.18. The van der Waals surface area contributed by atoms with Crippen molar-refractivity contribution in [3.05, 3.63) is 65.5 Å². The fraction of sp³-hybridized carbons (Fsp3) is 0.300. The van der Waals surface area contributed by atoms with E-state index in [0.29, 0.717) is 31.2 Å². The van der Waals surface area contributed by atoms with Crippen molar-refractivity contribution in [3.8, 4) is 11.8 Å². The number of aliphatic imine (C=N–C) groups is 1. The van der Waals surface area contributed by atoms with E-state index in [1.54, 1.807) is 24.3 Å². The summed E-state index contributed by atoms with van der Waals surface area (Å²) in [7, 11) is 0. The summed E-state index contributed by atoms with van der Waals surface area (Å²) >= 11 is 0.